The highest BCUT2D eigenvalue weighted by molar-refractivity contribution is 5.67. The van der Waals surface area contributed by atoms with E-state index in [4.69, 9.17) is 0 Å². The zero-order valence-corrected chi connectivity index (χ0v) is 17.6. The minimum atomic E-state index is -1.38. The van der Waals surface area contributed by atoms with Crippen molar-refractivity contribution in [2.75, 3.05) is 0 Å². The molecule has 6 heteroatoms. The van der Waals surface area contributed by atoms with Crippen LogP contribution in [0.2, 0.25) is 0 Å². The van der Waals surface area contributed by atoms with E-state index in [1.807, 2.05) is 6.92 Å². The van der Waals surface area contributed by atoms with Gasteiger partial charge in [-0.15, -0.1) is 0 Å². The summed E-state index contributed by atoms with van der Waals surface area (Å²) < 4.78 is 87.7. The zero-order valence-electron chi connectivity index (χ0n) is 17.6. The molecule has 1 unspecified atom stereocenters. The number of halogens is 6. The van der Waals surface area contributed by atoms with E-state index in [-0.39, 0.29) is 41.5 Å². The van der Waals surface area contributed by atoms with Gasteiger partial charge in [0.25, 0.3) is 0 Å². The molecule has 0 saturated heterocycles. The first-order valence-corrected chi connectivity index (χ1v) is 10.7. The van der Waals surface area contributed by atoms with Gasteiger partial charge in [-0.3, -0.25) is 0 Å². The van der Waals surface area contributed by atoms with Crippen LogP contribution in [-0.4, -0.2) is 0 Å². The second-order valence-electron chi connectivity index (χ2n) is 8.30. The molecule has 0 N–H and O–H groups in total. The molecule has 3 aromatic carbocycles. The third-order valence-corrected chi connectivity index (χ3v) is 6.22. The Hall–Kier alpha value is -2.76. The summed E-state index contributed by atoms with van der Waals surface area (Å²) >= 11 is 0. The van der Waals surface area contributed by atoms with Crippen LogP contribution in [0.1, 0.15) is 54.4 Å². The van der Waals surface area contributed by atoms with Crippen LogP contribution < -0.4 is 0 Å². The van der Waals surface area contributed by atoms with Gasteiger partial charge < -0.3 is 0 Å². The summed E-state index contributed by atoms with van der Waals surface area (Å²) in [5, 5.41) is 0. The van der Waals surface area contributed by atoms with Crippen molar-refractivity contribution in [2.24, 2.45) is 0 Å². The maximum Gasteiger partial charge on any atom is 0.169 e. The minimum absolute atomic E-state index is 0.000132. The van der Waals surface area contributed by atoms with Crippen molar-refractivity contribution in [3.05, 3.63) is 93.6 Å². The molecule has 0 aromatic heterocycles. The van der Waals surface area contributed by atoms with E-state index in [1.54, 1.807) is 0 Å². The Balaban J connectivity index is 1.72. The van der Waals surface area contributed by atoms with Crippen LogP contribution in [0.3, 0.4) is 0 Å². The average molecular weight is 448 g/mol. The monoisotopic (exact) mass is 448 g/mol. The first kappa shape index (κ1) is 22.4. The van der Waals surface area contributed by atoms with E-state index in [2.05, 4.69) is 0 Å². The Bertz CT molecular complexity index is 1130. The van der Waals surface area contributed by atoms with E-state index < -0.39 is 46.4 Å². The number of fused-ring (bicyclic) bond motifs is 1. The van der Waals surface area contributed by atoms with Crippen LogP contribution in [0.4, 0.5) is 26.3 Å². The van der Waals surface area contributed by atoms with Crippen molar-refractivity contribution in [2.45, 2.75) is 51.4 Å². The molecule has 0 saturated carbocycles. The third kappa shape index (κ3) is 4.03. The van der Waals surface area contributed by atoms with Gasteiger partial charge in [0.1, 0.15) is 23.3 Å². The second-order valence-corrected chi connectivity index (χ2v) is 8.30. The lowest BCUT2D eigenvalue weighted by atomic mass is 9.78. The van der Waals surface area contributed by atoms with Gasteiger partial charge in [0.05, 0.1) is 5.56 Å². The van der Waals surface area contributed by atoms with Gasteiger partial charge in [0.2, 0.25) is 0 Å². The van der Waals surface area contributed by atoms with E-state index in [1.165, 1.54) is 24.3 Å². The summed E-state index contributed by atoms with van der Waals surface area (Å²) in [7, 11) is 0. The standard InChI is InChI=1S/C26H22F6/c1-2-3-4-14-11-20(28)22(21(29)12-14)16-7-10-18-19(13-16)25(31)26(32)23(24(18)30)15-5-8-17(27)9-6-15/h5-6,8-9,11-12,16H,2-4,7,10,13H2,1H3. The summed E-state index contributed by atoms with van der Waals surface area (Å²) in [6, 6.07) is 7.02. The Morgan fingerprint density at radius 2 is 1.47 bits per heavy atom. The predicted octanol–water partition coefficient (Wildman–Crippen LogP) is 7.80. The molecule has 0 nitrogen and oxygen atoms in total. The van der Waals surface area contributed by atoms with Crippen LogP contribution in [0, 0.1) is 34.9 Å². The van der Waals surface area contributed by atoms with Gasteiger partial charge in [-0.05, 0) is 84.5 Å². The van der Waals surface area contributed by atoms with E-state index >= 15 is 4.39 Å². The topological polar surface area (TPSA) is 0 Å². The third-order valence-electron chi connectivity index (χ3n) is 6.22. The molecule has 0 bridgehead atoms. The van der Waals surface area contributed by atoms with Crippen molar-refractivity contribution < 1.29 is 26.3 Å². The Labute approximate surface area is 182 Å². The molecule has 0 radical (unpaired) electrons. The van der Waals surface area contributed by atoms with Crippen molar-refractivity contribution in [1.29, 1.82) is 0 Å². The molecule has 0 heterocycles. The second kappa shape index (κ2) is 9.00. The first-order chi connectivity index (χ1) is 15.3. The van der Waals surface area contributed by atoms with Crippen LogP contribution in [0.25, 0.3) is 11.1 Å². The molecule has 1 aliphatic carbocycles. The number of rotatable bonds is 5. The van der Waals surface area contributed by atoms with Crippen molar-refractivity contribution in [3.63, 3.8) is 0 Å². The van der Waals surface area contributed by atoms with Gasteiger partial charge in [-0.1, -0.05) is 25.5 Å². The maximum atomic E-state index is 15.2. The summed E-state index contributed by atoms with van der Waals surface area (Å²) in [4.78, 5) is 0. The fourth-order valence-corrected chi connectivity index (χ4v) is 4.56. The van der Waals surface area contributed by atoms with E-state index in [0.717, 1.165) is 25.0 Å². The average Bonchev–Trinajstić information content (AvgIpc) is 2.77. The fourth-order valence-electron chi connectivity index (χ4n) is 4.56. The van der Waals surface area contributed by atoms with Crippen LogP contribution >= 0.6 is 0 Å². The number of hydrogen-bond acceptors (Lipinski definition) is 0. The maximum absolute atomic E-state index is 15.2. The summed E-state index contributed by atoms with van der Waals surface area (Å²) in [5.74, 6) is -6.27. The van der Waals surface area contributed by atoms with Gasteiger partial charge >= 0.3 is 0 Å². The lowest BCUT2D eigenvalue weighted by Crippen LogP contribution is -2.20. The van der Waals surface area contributed by atoms with Gasteiger partial charge in [-0.25, -0.2) is 26.3 Å². The van der Waals surface area contributed by atoms with Crippen molar-refractivity contribution in [1.82, 2.24) is 0 Å². The largest absolute Gasteiger partial charge is 0.207 e. The molecule has 4 rings (SSSR count). The molecule has 168 valence electrons. The molecule has 0 amide bonds. The van der Waals surface area contributed by atoms with Gasteiger partial charge in [0.15, 0.2) is 11.6 Å². The van der Waals surface area contributed by atoms with Crippen molar-refractivity contribution >= 4 is 0 Å². The molecule has 0 spiro atoms. The Morgan fingerprint density at radius 3 is 2.09 bits per heavy atom. The highest BCUT2D eigenvalue weighted by atomic mass is 19.2. The Kier molecular flexibility index (Phi) is 6.31. The molecule has 1 atom stereocenters. The van der Waals surface area contributed by atoms with Gasteiger partial charge in [0, 0.05) is 5.56 Å². The molecule has 32 heavy (non-hydrogen) atoms. The molecule has 3 aromatic rings. The van der Waals surface area contributed by atoms with Gasteiger partial charge in [-0.2, -0.15) is 0 Å². The quantitative estimate of drug-likeness (QED) is 0.276. The normalized spacial score (nSPS) is 15.7. The van der Waals surface area contributed by atoms with Crippen LogP contribution in [-0.2, 0) is 19.3 Å². The smallest absolute Gasteiger partial charge is 0.169 e. The van der Waals surface area contributed by atoms with E-state index in [9.17, 15) is 22.0 Å². The summed E-state index contributed by atoms with van der Waals surface area (Å²) in [6.45, 7) is 1.98. The lowest BCUT2D eigenvalue weighted by molar-refractivity contribution is 0.443. The molecular weight excluding hydrogens is 426 g/mol. The summed E-state index contributed by atoms with van der Waals surface area (Å²) in [6.07, 6.45) is 2.24. The highest BCUT2D eigenvalue weighted by Gasteiger charge is 2.33. The van der Waals surface area contributed by atoms with Crippen LogP contribution in [0.5, 0.6) is 0 Å². The predicted molar refractivity (Wildman–Crippen MR) is 111 cm³/mol. The Morgan fingerprint density at radius 1 is 0.812 bits per heavy atom. The SMILES string of the molecule is CCCCc1cc(F)c(C2CCc3c(F)c(-c4ccc(F)cc4)c(F)c(F)c3C2)c(F)c1. The molecule has 0 aliphatic heterocycles. The number of aryl methyl sites for hydroxylation is 1. The molecular formula is C26H22F6. The number of unbranched alkanes of at least 4 members (excludes halogenated alkanes) is 1. The minimum Gasteiger partial charge on any atom is -0.207 e. The zero-order chi connectivity index (χ0) is 23.0. The van der Waals surface area contributed by atoms with E-state index in [0.29, 0.717) is 12.0 Å². The highest BCUT2D eigenvalue weighted by Crippen LogP contribution is 2.41. The lowest BCUT2D eigenvalue weighted by Gasteiger charge is -2.28. The fraction of sp³-hybridized carbons (Fsp3) is 0.308. The van der Waals surface area contributed by atoms with Crippen molar-refractivity contribution in [3.8, 4) is 11.1 Å². The number of benzene rings is 3. The first-order valence-electron chi connectivity index (χ1n) is 10.7. The molecule has 0 fully saturated rings. The number of hydrogen-bond donors (Lipinski definition) is 0. The van der Waals surface area contributed by atoms with Crippen LogP contribution in [0.15, 0.2) is 36.4 Å². The summed E-state index contributed by atoms with van der Waals surface area (Å²) in [5.41, 5.74) is -0.356. The molecule has 1 aliphatic rings.